The average molecular weight is 384 g/mol. The molecule has 14 heavy (non-hydrogen) atoms. The van der Waals surface area contributed by atoms with Crippen LogP contribution in [-0.2, 0) is 0 Å². The second-order valence-electron chi connectivity index (χ2n) is 2.13. The molecule has 0 bridgehead atoms. The van der Waals surface area contributed by atoms with E-state index in [1.54, 1.807) is 22.6 Å². The zero-order chi connectivity index (χ0) is 10.9. The minimum atomic E-state index is -4.79. The molecule has 0 saturated carbocycles. The molecule has 1 heterocycles. The SMILES string of the molecule is Oc1c(I)cc(OC(F)(F)F)nc1Br. The van der Waals surface area contributed by atoms with Crippen LogP contribution < -0.4 is 4.74 Å². The van der Waals surface area contributed by atoms with Crippen LogP contribution in [0.25, 0.3) is 0 Å². The van der Waals surface area contributed by atoms with E-state index in [2.05, 4.69) is 25.7 Å². The van der Waals surface area contributed by atoms with E-state index in [1.165, 1.54) is 0 Å². The largest absolute Gasteiger partial charge is 0.574 e. The molecule has 1 aromatic rings. The van der Waals surface area contributed by atoms with Crippen molar-refractivity contribution in [1.82, 2.24) is 4.98 Å². The monoisotopic (exact) mass is 383 g/mol. The first-order chi connectivity index (χ1) is 6.29. The molecule has 0 amide bonds. The fourth-order valence-corrected chi connectivity index (χ4v) is 1.91. The summed E-state index contributed by atoms with van der Waals surface area (Å²) in [5, 5.41) is 9.18. The summed E-state index contributed by atoms with van der Waals surface area (Å²) in [5.74, 6) is -0.841. The van der Waals surface area contributed by atoms with Crippen molar-refractivity contribution < 1.29 is 23.0 Å². The van der Waals surface area contributed by atoms with Crippen molar-refractivity contribution in [3.8, 4) is 11.6 Å². The van der Waals surface area contributed by atoms with Gasteiger partial charge in [-0.05, 0) is 38.5 Å². The highest BCUT2D eigenvalue weighted by molar-refractivity contribution is 14.1. The van der Waals surface area contributed by atoms with Crippen molar-refractivity contribution in [3.63, 3.8) is 0 Å². The summed E-state index contributed by atoms with van der Waals surface area (Å²) in [6.07, 6.45) is -4.79. The number of nitrogens with zero attached hydrogens (tertiary/aromatic N) is 1. The van der Waals surface area contributed by atoms with Gasteiger partial charge in [0.1, 0.15) is 0 Å². The second-order valence-corrected chi connectivity index (χ2v) is 4.04. The number of alkyl halides is 3. The maximum atomic E-state index is 11.8. The molecule has 1 aromatic heterocycles. The van der Waals surface area contributed by atoms with Gasteiger partial charge in [0.2, 0.25) is 5.88 Å². The van der Waals surface area contributed by atoms with Crippen molar-refractivity contribution in [3.05, 3.63) is 14.2 Å². The van der Waals surface area contributed by atoms with Gasteiger partial charge >= 0.3 is 6.36 Å². The van der Waals surface area contributed by atoms with Crippen LogP contribution in [0.2, 0.25) is 0 Å². The molecule has 0 unspecified atom stereocenters. The van der Waals surface area contributed by atoms with E-state index in [9.17, 15) is 18.3 Å². The van der Waals surface area contributed by atoms with Gasteiger partial charge in [-0.2, -0.15) is 0 Å². The van der Waals surface area contributed by atoms with E-state index >= 15 is 0 Å². The molecule has 1 N–H and O–H groups in total. The molecule has 0 fully saturated rings. The van der Waals surface area contributed by atoms with Crippen LogP contribution in [0.15, 0.2) is 10.7 Å². The van der Waals surface area contributed by atoms with E-state index < -0.39 is 12.2 Å². The number of aromatic hydroxyl groups is 1. The third-order valence-corrected chi connectivity index (χ3v) is 2.48. The second kappa shape index (κ2) is 4.09. The molecule has 0 saturated heterocycles. The lowest BCUT2D eigenvalue weighted by atomic mass is 10.4. The highest BCUT2D eigenvalue weighted by Crippen LogP contribution is 2.32. The average Bonchev–Trinajstić information content (AvgIpc) is 1.96. The first kappa shape index (κ1) is 11.8. The van der Waals surface area contributed by atoms with Gasteiger partial charge in [0, 0.05) is 6.07 Å². The van der Waals surface area contributed by atoms with Gasteiger partial charge < -0.3 is 9.84 Å². The maximum absolute atomic E-state index is 11.8. The van der Waals surface area contributed by atoms with Crippen molar-refractivity contribution >= 4 is 38.5 Å². The quantitative estimate of drug-likeness (QED) is 0.598. The van der Waals surface area contributed by atoms with Crippen molar-refractivity contribution in [2.75, 3.05) is 0 Å². The Labute approximate surface area is 98.5 Å². The lowest BCUT2D eigenvalue weighted by Crippen LogP contribution is -2.18. The number of halogens is 5. The summed E-state index contributed by atoms with van der Waals surface area (Å²) < 4.78 is 39.0. The van der Waals surface area contributed by atoms with E-state index in [0.29, 0.717) is 0 Å². The number of pyridine rings is 1. The number of ether oxygens (including phenoxy) is 1. The predicted octanol–water partition coefficient (Wildman–Crippen LogP) is 3.05. The molecule has 0 spiro atoms. The van der Waals surface area contributed by atoms with Crippen LogP contribution in [0.5, 0.6) is 11.6 Å². The predicted molar refractivity (Wildman–Crippen MR) is 53.0 cm³/mol. The maximum Gasteiger partial charge on any atom is 0.574 e. The van der Waals surface area contributed by atoms with E-state index in [-0.39, 0.29) is 13.9 Å². The third-order valence-electron chi connectivity index (χ3n) is 1.10. The standard InChI is InChI=1S/C6H2BrF3INO2/c7-5-4(13)2(11)1-3(12-5)14-6(8,9)10/h1,13H. The summed E-state index contributed by atoms with van der Waals surface area (Å²) >= 11 is 4.45. The fourth-order valence-electron chi connectivity index (χ4n) is 0.628. The van der Waals surface area contributed by atoms with Crippen molar-refractivity contribution in [2.45, 2.75) is 6.36 Å². The zero-order valence-corrected chi connectivity index (χ0v) is 10.0. The number of hydrogen-bond donors (Lipinski definition) is 1. The Balaban J connectivity index is 3.02. The molecule has 3 nitrogen and oxygen atoms in total. The normalized spacial score (nSPS) is 11.5. The number of hydrogen-bond acceptors (Lipinski definition) is 3. The summed E-state index contributed by atoms with van der Waals surface area (Å²) in [5.41, 5.74) is 0. The van der Waals surface area contributed by atoms with Crippen molar-refractivity contribution in [2.24, 2.45) is 0 Å². The van der Waals surface area contributed by atoms with Gasteiger partial charge in [0.25, 0.3) is 0 Å². The fraction of sp³-hybridized carbons (Fsp3) is 0.167. The smallest absolute Gasteiger partial charge is 0.504 e. The Kier molecular flexibility index (Phi) is 3.45. The molecule has 0 radical (unpaired) electrons. The van der Waals surface area contributed by atoms with Crippen LogP contribution in [0.1, 0.15) is 0 Å². The first-order valence-electron chi connectivity index (χ1n) is 3.10. The van der Waals surface area contributed by atoms with Crippen LogP contribution in [-0.4, -0.2) is 16.5 Å². The third kappa shape index (κ3) is 3.15. The molecule has 0 aliphatic rings. The number of aromatic nitrogens is 1. The van der Waals surface area contributed by atoms with Crippen LogP contribution in [0, 0.1) is 3.57 Å². The lowest BCUT2D eigenvalue weighted by molar-refractivity contribution is -0.276. The van der Waals surface area contributed by atoms with E-state index in [0.717, 1.165) is 6.07 Å². The van der Waals surface area contributed by atoms with E-state index in [4.69, 9.17) is 0 Å². The van der Waals surface area contributed by atoms with Crippen LogP contribution in [0.4, 0.5) is 13.2 Å². The van der Waals surface area contributed by atoms with E-state index in [1.807, 2.05) is 0 Å². The minimum Gasteiger partial charge on any atom is -0.504 e. The Morgan fingerprint density at radius 3 is 2.50 bits per heavy atom. The molecule has 0 aliphatic carbocycles. The molecule has 8 heteroatoms. The number of rotatable bonds is 1. The summed E-state index contributed by atoms with van der Waals surface area (Å²) in [6.45, 7) is 0. The molecule has 0 atom stereocenters. The Morgan fingerprint density at radius 1 is 1.50 bits per heavy atom. The molecule has 0 aliphatic heterocycles. The Bertz CT molecular complexity index is 334. The first-order valence-corrected chi connectivity index (χ1v) is 4.97. The molecular formula is C6H2BrF3INO2. The molecule has 0 aromatic carbocycles. The summed E-state index contributed by atoms with van der Waals surface area (Å²) in [7, 11) is 0. The van der Waals surface area contributed by atoms with Crippen LogP contribution >= 0.6 is 38.5 Å². The highest BCUT2D eigenvalue weighted by atomic mass is 127. The van der Waals surface area contributed by atoms with Gasteiger partial charge in [0.15, 0.2) is 10.4 Å². The zero-order valence-electron chi connectivity index (χ0n) is 6.27. The van der Waals surface area contributed by atoms with Crippen LogP contribution in [0.3, 0.4) is 0 Å². The van der Waals surface area contributed by atoms with Gasteiger partial charge in [-0.25, -0.2) is 4.98 Å². The molecule has 1 rings (SSSR count). The summed E-state index contributed by atoms with van der Waals surface area (Å²) in [4.78, 5) is 3.34. The van der Waals surface area contributed by atoms with Gasteiger partial charge in [-0.15, -0.1) is 13.2 Å². The van der Waals surface area contributed by atoms with Gasteiger partial charge in [0.05, 0.1) is 3.57 Å². The van der Waals surface area contributed by atoms with Gasteiger partial charge in [-0.1, -0.05) is 0 Å². The highest BCUT2D eigenvalue weighted by Gasteiger charge is 2.32. The van der Waals surface area contributed by atoms with Crippen molar-refractivity contribution in [1.29, 1.82) is 0 Å². The lowest BCUT2D eigenvalue weighted by Gasteiger charge is -2.09. The molecule has 78 valence electrons. The Morgan fingerprint density at radius 2 is 2.07 bits per heavy atom. The Hall–Kier alpha value is -0.250. The van der Waals surface area contributed by atoms with Gasteiger partial charge in [-0.3, -0.25) is 0 Å². The topological polar surface area (TPSA) is 42.4 Å². The summed E-state index contributed by atoms with van der Waals surface area (Å²) in [6, 6.07) is 0.980. The molecular weight excluding hydrogens is 382 g/mol. The minimum absolute atomic E-state index is 0.0938.